The Hall–Kier alpha value is -1.84. The number of fused-ring (bicyclic) bond motifs is 1. The van der Waals surface area contributed by atoms with Gasteiger partial charge in [0.15, 0.2) is 0 Å². The molecule has 0 bridgehead atoms. The Morgan fingerprint density at radius 1 is 1.38 bits per heavy atom. The summed E-state index contributed by atoms with van der Waals surface area (Å²) in [5, 5.41) is 0.593. The molecule has 0 atom stereocenters. The molecule has 4 heteroatoms. The highest BCUT2D eigenvalue weighted by atomic mass is 16.5. The second-order valence-electron chi connectivity index (χ2n) is 3.91. The lowest BCUT2D eigenvalue weighted by Gasteiger charge is -2.10. The number of ether oxygens (including phenoxy) is 1. The Kier molecular flexibility index (Phi) is 2.64. The predicted molar refractivity (Wildman–Crippen MR) is 62.9 cm³/mol. The normalized spacial score (nSPS) is 11.0. The second kappa shape index (κ2) is 3.96. The van der Waals surface area contributed by atoms with Gasteiger partial charge in [-0.2, -0.15) is 0 Å². The molecule has 1 aromatic carbocycles. The minimum atomic E-state index is -0.0288. The maximum Gasteiger partial charge on any atom is 0.261 e. The molecule has 0 N–H and O–H groups in total. The lowest BCUT2D eigenvalue weighted by molar-refractivity contribution is 0.418. The van der Waals surface area contributed by atoms with E-state index in [-0.39, 0.29) is 11.6 Å². The summed E-state index contributed by atoms with van der Waals surface area (Å²) in [6.45, 7) is 3.91. The van der Waals surface area contributed by atoms with E-state index in [9.17, 15) is 4.79 Å². The number of para-hydroxylation sites is 1. The Labute approximate surface area is 93.5 Å². The Morgan fingerprint density at radius 3 is 2.75 bits per heavy atom. The summed E-state index contributed by atoms with van der Waals surface area (Å²) in [4.78, 5) is 16.4. The molecule has 0 saturated carbocycles. The van der Waals surface area contributed by atoms with Crippen LogP contribution in [0, 0.1) is 0 Å². The van der Waals surface area contributed by atoms with E-state index in [4.69, 9.17) is 4.74 Å². The SMILES string of the molecule is COc1cccc2c(=O)n(C(C)C)cnc12. The van der Waals surface area contributed by atoms with Crippen molar-refractivity contribution in [3.8, 4) is 5.75 Å². The number of hydrogen-bond acceptors (Lipinski definition) is 3. The van der Waals surface area contributed by atoms with Crippen molar-refractivity contribution in [3.05, 3.63) is 34.9 Å². The fourth-order valence-electron chi connectivity index (χ4n) is 1.67. The molecular formula is C12H14N2O2. The average Bonchev–Trinajstić information content (AvgIpc) is 2.28. The molecule has 4 nitrogen and oxygen atoms in total. The van der Waals surface area contributed by atoms with Crippen LogP contribution in [0.15, 0.2) is 29.3 Å². The summed E-state index contributed by atoms with van der Waals surface area (Å²) < 4.78 is 6.79. The molecule has 2 aromatic rings. The molecule has 0 aliphatic rings. The van der Waals surface area contributed by atoms with E-state index in [2.05, 4.69) is 4.98 Å². The van der Waals surface area contributed by atoms with Crippen LogP contribution in [-0.2, 0) is 0 Å². The molecule has 0 spiro atoms. The van der Waals surface area contributed by atoms with E-state index in [1.807, 2.05) is 13.8 Å². The first-order chi connectivity index (χ1) is 7.65. The van der Waals surface area contributed by atoms with Crippen LogP contribution in [0.5, 0.6) is 5.75 Å². The third-order valence-electron chi connectivity index (χ3n) is 2.55. The van der Waals surface area contributed by atoms with Crippen LogP contribution >= 0.6 is 0 Å². The molecule has 0 fully saturated rings. The van der Waals surface area contributed by atoms with Gasteiger partial charge in [-0.3, -0.25) is 9.36 Å². The summed E-state index contributed by atoms with van der Waals surface area (Å²) in [5.74, 6) is 0.630. The Bertz CT molecular complexity index is 573. The summed E-state index contributed by atoms with van der Waals surface area (Å²) in [5.41, 5.74) is 0.589. The summed E-state index contributed by atoms with van der Waals surface area (Å²) in [7, 11) is 1.57. The lowest BCUT2D eigenvalue weighted by Crippen LogP contribution is -2.22. The third kappa shape index (κ3) is 1.56. The number of rotatable bonds is 2. The fourth-order valence-corrected chi connectivity index (χ4v) is 1.67. The van der Waals surface area contributed by atoms with Crippen LogP contribution < -0.4 is 10.3 Å². The minimum Gasteiger partial charge on any atom is -0.494 e. The van der Waals surface area contributed by atoms with Gasteiger partial charge in [0.25, 0.3) is 5.56 Å². The molecule has 2 rings (SSSR count). The second-order valence-corrected chi connectivity index (χ2v) is 3.91. The van der Waals surface area contributed by atoms with Crippen molar-refractivity contribution < 1.29 is 4.74 Å². The van der Waals surface area contributed by atoms with E-state index in [1.54, 1.807) is 36.2 Å². The Balaban J connectivity index is 2.82. The van der Waals surface area contributed by atoms with E-state index >= 15 is 0 Å². The Morgan fingerprint density at radius 2 is 2.12 bits per heavy atom. The summed E-state index contributed by atoms with van der Waals surface area (Å²) in [6.07, 6.45) is 1.57. The monoisotopic (exact) mass is 218 g/mol. The first-order valence-corrected chi connectivity index (χ1v) is 5.19. The maximum atomic E-state index is 12.1. The summed E-state index contributed by atoms with van der Waals surface area (Å²) >= 11 is 0. The highest BCUT2D eigenvalue weighted by molar-refractivity contribution is 5.83. The first-order valence-electron chi connectivity index (χ1n) is 5.19. The molecule has 0 unspecified atom stereocenters. The number of hydrogen-bond donors (Lipinski definition) is 0. The van der Waals surface area contributed by atoms with E-state index < -0.39 is 0 Å². The van der Waals surface area contributed by atoms with Gasteiger partial charge in [-0.25, -0.2) is 4.98 Å². The molecule has 0 radical (unpaired) electrons. The van der Waals surface area contributed by atoms with Gasteiger partial charge in [0.05, 0.1) is 18.8 Å². The van der Waals surface area contributed by atoms with Gasteiger partial charge in [0.1, 0.15) is 11.3 Å². The maximum absolute atomic E-state index is 12.1. The van der Waals surface area contributed by atoms with Crippen LogP contribution in [0.25, 0.3) is 10.9 Å². The molecule has 84 valence electrons. The van der Waals surface area contributed by atoms with E-state index in [0.717, 1.165) is 0 Å². The highest BCUT2D eigenvalue weighted by Crippen LogP contribution is 2.20. The number of nitrogens with zero attached hydrogens (tertiary/aromatic N) is 2. The predicted octanol–water partition coefficient (Wildman–Crippen LogP) is 1.99. The number of benzene rings is 1. The van der Waals surface area contributed by atoms with Crippen molar-refractivity contribution in [2.75, 3.05) is 7.11 Å². The standard InChI is InChI=1S/C12H14N2O2/c1-8(2)14-7-13-11-9(12(14)15)5-4-6-10(11)16-3/h4-8H,1-3H3. The minimum absolute atomic E-state index is 0.0288. The first kappa shape index (κ1) is 10.7. The van der Waals surface area contributed by atoms with Crippen LogP contribution in [0.3, 0.4) is 0 Å². The van der Waals surface area contributed by atoms with Crippen LogP contribution in [-0.4, -0.2) is 16.7 Å². The average molecular weight is 218 g/mol. The van der Waals surface area contributed by atoms with Gasteiger partial charge in [0, 0.05) is 6.04 Å². The topological polar surface area (TPSA) is 44.1 Å². The van der Waals surface area contributed by atoms with Crippen LogP contribution in [0.2, 0.25) is 0 Å². The fraction of sp³-hybridized carbons (Fsp3) is 0.333. The molecule has 0 saturated heterocycles. The van der Waals surface area contributed by atoms with Crippen LogP contribution in [0.4, 0.5) is 0 Å². The van der Waals surface area contributed by atoms with Crippen molar-refractivity contribution >= 4 is 10.9 Å². The molecule has 0 aliphatic carbocycles. The molecule has 0 amide bonds. The zero-order valence-corrected chi connectivity index (χ0v) is 9.60. The van der Waals surface area contributed by atoms with Crippen LogP contribution in [0.1, 0.15) is 19.9 Å². The molecule has 16 heavy (non-hydrogen) atoms. The molecular weight excluding hydrogens is 204 g/mol. The van der Waals surface area contributed by atoms with Crippen molar-refractivity contribution in [2.45, 2.75) is 19.9 Å². The quantitative estimate of drug-likeness (QED) is 0.774. The third-order valence-corrected chi connectivity index (χ3v) is 2.55. The number of methoxy groups -OCH3 is 1. The molecule has 1 heterocycles. The smallest absolute Gasteiger partial charge is 0.261 e. The van der Waals surface area contributed by atoms with Gasteiger partial charge in [-0.1, -0.05) is 6.07 Å². The molecule has 0 aliphatic heterocycles. The van der Waals surface area contributed by atoms with Crippen molar-refractivity contribution in [1.82, 2.24) is 9.55 Å². The van der Waals surface area contributed by atoms with Crippen molar-refractivity contribution in [3.63, 3.8) is 0 Å². The molecule has 1 aromatic heterocycles. The van der Waals surface area contributed by atoms with Crippen molar-refractivity contribution in [1.29, 1.82) is 0 Å². The van der Waals surface area contributed by atoms with Crippen molar-refractivity contribution in [2.24, 2.45) is 0 Å². The van der Waals surface area contributed by atoms with Gasteiger partial charge in [0.2, 0.25) is 0 Å². The lowest BCUT2D eigenvalue weighted by atomic mass is 10.2. The van der Waals surface area contributed by atoms with Gasteiger partial charge >= 0.3 is 0 Å². The summed E-state index contributed by atoms with van der Waals surface area (Å²) in [6, 6.07) is 5.48. The highest BCUT2D eigenvalue weighted by Gasteiger charge is 2.09. The zero-order valence-electron chi connectivity index (χ0n) is 9.60. The largest absolute Gasteiger partial charge is 0.494 e. The van der Waals surface area contributed by atoms with Gasteiger partial charge < -0.3 is 4.74 Å². The van der Waals surface area contributed by atoms with E-state index in [1.165, 1.54) is 0 Å². The number of aromatic nitrogens is 2. The van der Waals surface area contributed by atoms with Gasteiger partial charge in [-0.15, -0.1) is 0 Å². The zero-order chi connectivity index (χ0) is 11.7. The van der Waals surface area contributed by atoms with E-state index in [0.29, 0.717) is 16.7 Å². The van der Waals surface area contributed by atoms with Gasteiger partial charge in [-0.05, 0) is 26.0 Å².